The molecule has 0 saturated heterocycles. The zero-order valence-corrected chi connectivity index (χ0v) is 11.3. The number of hydrogen-bond donors (Lipinski definition) is 1. The van der Waals surface area contributed by atoms with Gasteiger partial charge in [-0.2, -0.15) is 4.98 Å². The Hall–Kier alpha value is -1.32. The molecule has 1 rings (SSSR count). The van der Waals surface area contributed by atoms with Crippen molar-refractivity contribution in [2.24, 2.45) is 0 Å². The van der Waals surface area contributed by atoms with Crippen LogP contribution in [0.4, 0.5) is 5.82 Å². The van der Waals surface area contributed by atoms with Crippen LogP contribution in [0.25, 0.3) is 0 Å². The van der Waals surface area contributed by atoms with Gasteiger partial charge in [0, 0.05) is 18.3 Å². The molecule has 1 heterocycles. The van der Waals surface area contributed by atoms with Crippen molar-refractivity contribution >= 4 is 5.82 Å². The SMILES string of the molecule is CCCCNc1ccn(C(C)(C)CC)c(=O)n1. The van der Waals surface area contributed by atoms with Gasteiger partial charge < -0.3 is 5.32 Å². The number of rotatable bonds is 6. The van der Waals surface area contributed by atoms with Crippen molar-refractivity contribution in [3.05, 3.63) is 22.7 Å². The number of nitrogens with zero attached hydrogens (tertiary/aromatic N) is 2. The minimum Gasteiger partial charge on any atom is -0.370 e. The summed E-state index contributed by atoms with van der Waals surface area (Å²) < 4.78 is 1.69. The van der Waals surface area contributed by atoms with Crippen molar-refractivity contribution in [1.29, 1.82) is 0 Å². The fraction of sp³-hybridized carbons (Fsp3) is 0.692. The van der Waals surface area contributed by atoms with E-state index in [0.717, 1.165) is 25.8 Å². The summed E-state index contributed by atoms with van der Waals surface area (Å²) >= 11 is 0. The lowest BCUT2D eigenvalue weighted by Gasteiger charge is -2.25. The Labute approximate surface area is 103 Å². The molecular weight excluding hydrogens is 214 g/mol. The Morgan fingerprint density at radius 3 is 2.65 bits per heavy atom. The van der Waals surface area contributed by atoms with E-state index in [9.17, 15) is 4.79 Å². The summed E-state index contributed by atoms with van der Waals surface area (Å²) in [4.78, 5) is 15.9. The first-order chi connectivity index (χ1) is 8.01. The van der Waals surface area contributed by atoms with Gasteiger partial charge in [0.1, 0.15) is 5.82 Å². The van der Waals surface area contributed by atoms with Gasteiger partial charge in [-0.05, 0) is 32.8 Å². The van der Waals surface area contributed by atoms with E-state index in [1.165, 1.54) is 0 Å². The molecule has 96 valence electrons. The van der Waals surface area contributed by atoms with Crippen molar-refractivity contribution in [3.63, 3.8) is 0 Å². The molecule has 0 unspecified atom stereocenters. The topological polar surface area (TPSA) is 46.9 Å². The van der Waals surface area contributed by atoms with E-state index >= 15 is 0 Å². The quantitative estimate of drug-likeness (QED) is 0.774. The highest BCUT2D eigenvalue weighted by Gasteiger charge is 2.18. The standard InChI is InChI=1S/C13H23N3O/c1-5-7-9-14-11-8-10-16(12(17)15-11)13(3,4)6-2/h8,10H,5-7,9H2,1-4H3,(H,14,15,17). The predicted molar refractivity (Wildman–Crippen MR) is 71.5 cm³/mol. The minimum absolute atomic E-state index is 0.175. The Bertz CT molecular complexity index is 409. The molecule has 0 aromatic carbocycles. The number of hydrogen-bond acceptors (Lipinski definition) is 3. The van der Waals surface area contributed by atoms with Gasteiger partial charge in [0.05, 0.1) is 0 Å². The first-order valence-electron chi connectivity index (χ1n) is 6.35. The summed E-state index contributed by atoms with van der Waals surface area (Å²) in [6, 6.07) is 1.87. The van der Waals surface area contributed by atoms with Gasteiger partial charge in [-0.15, -0.1) is 0 Å². The van der Waals surface area contributed by atoms with Crippen molar-refractivity contribution in [3.8, 4) is 0 Å². The van der Waals surface area contributed by atoms with E-state index in [0.29, 0.717) is 5.82 Å². The van der Waals surface area contributed by atoms with Crippen LogP contribution in [0.5, 0.6) is 0 Å². The third-order valence-electron chi connectivity index (χ3n) is 3.16. The smallest absolute Gasteiger partial charge is 0.349 e. The molecular formula is C13H23N3O. The number of nitrogens with one attached hydrogen (secondary N) is 1. The van der Waals surface area contributed by atoms with E-state index in [4.69, 9.17) is 0 Å². The average molecular weight is 237 g/mol. The van der Waals surface area contributed by atoms with E-state index in [-0.39, 0.29) is 11.2 Å². The zero-order chi connectivity index (χ0) is 12.9. The lowest BCUT2D eigenvalue weighted by atomic mass is 10.0. The molecule has 0 aliphatic heterocycles. The summed E-state index contributed by atoms with van der Waals surface area (Å²) in [5, 5.41) is 3.16. The maximum atomic E-state index is 11.9. The third kappa shape index (κ3) is 3.58. The first-order valence-corrected chi connectivity index (χ1v) is 6.35. The Balaban J connectivity index is 2.83. The van der Waals surface area contributed by atoms with Crippen molar-refractivity contribution in [2.75, 3.05) is 11.9 Å². The van der Waals surface area contributed by atoms with Gasteiger partial charge in [-0.3, -0.25) is 4.57 Å². The molecule has 0 atom stereocenters. The molecule has 0 amide bonds. The zero-order valence-electron chi connectivity index (χ0n) is 11.3. The van der Waals surface area contributed by atoms with E-state index in [1.54, 1.807) is 4.57 Å². The van der Waals surface area contributed by atoms with Crippen LogP contribution in [0.1, 0.15) is 47.0 Å². The molecule has 1 aromatic rings. The molecule has 4 nitrogen and oxygen atoms in total. The third-order valence-corrected chi connectivity index (χ3v) is 3.16. The van der Waals surface area contributed by atoms with Crippen molar-refractivity contribution < 1.29 is 0 Å². The average Bonchev–Trinajstić information content (AvgIpc) is 2.29. The van der Waals surface area contributed by atoms with Crippen LogP contribution in [-0.4, -0.2) is 16.1 Å². The van der Waals surface area contributed by atoms with E-state index in [2.05, 4.69) is 24.1 Å². The van der Waals surface area contributed by atoms with Crippen molar-refractivity contribution in [2.45, 2.75) is 52.5 Å². The maximum Gasteiger partial charge on any atom is 0.349 e. The summed E-state index contributed by atoms with van der Waals surface area (Å²) in [5.74, 6) is 0.673. The normalized spacial score (nSPS) is 11.5. The summed E-state index contributed by atoms with van der Waals surface area (Å²) in [6.07, 6.45) is 4.95. The fourth-order valence-corrected chi connectivity index (χ4v) is 1.53. The second kappa shape index (κ2) is 5.84. The highest BCUT2D eigenvalue weighted by molar-refractivity contribution is 5.31. The molecule has 0 saturated carbocycles. The second-order valence-electron chi connectivity index (χ2n) is 4.91. The lowest BCUT2D eigenvalue weighted by Crippen LogP contribution is -2.37. The first kappa shape index (κ1) is 13.7. The Kier molecular flexibility index (Phi) is 4.73. The number of unbranched alkanes of at least 4 members (excludes halogenated alkanes) is 1. The van der Waals surface area contributed by atoms with Crippen molar-refractivity contribution in [1.82, 2.24) is 9.55 Å². The van der Waals surface area contributed by atoms with Gasteiger partial charge in [0.2, 0.25) is 0 Å². The van der Waals surface area contributed by atoms with Crippen LogP contribution in [-0.2, 0) is 5.54 Å². The van der Waals surface area contributed by atoms with Gasteiger partial charge in [0.15, 0.2) is 0 Å². The van der Waals surface area contributed by atoms with Crippen LogP contribution in [0.15, 0.2) is 17.1 Å². The second-order valence-corrected chi connectivity index (χ2v) is 4.91. The molecule has 4 heteroatoms. The largest absolute Gasteiger partial charge is 0.370 e. The molecule has 1 aromatic heterocycles. The Morgan fingerprint density at radius 2 is 2.12 bits per heavy atom. The molecule has 0 radical (unpaired) electrons. The highest BCUT2D eigenvalue weighted by atomic mass is 16.1. The van der Waals surface area contributed by atoms with Gasteiger partial charge in [-0.1, -0.05) is 20.3 Å². The predicted octanol–water partition coefficient (Wildman–Crippen LogP) is 2.60. The number of aromatic nitrogens is 2. The van der Waals surface area contributed by atoms with Crippen LogP contribution >= 0.6 is 0 Å². The van der Waals surface area contributed by atoms with Crippen LogP contribution in [0, 0.1) is 0 Å². The monoisotopic (exact) mass is 237 g/mol. The molecule has 1 N–H and O–H groups in total. The maximum absolute atomic E-state index is 11.9. The Morgan fingerprint density at radius 1 is 1.41 bits per heavy atom. The summed E-state index contributed by atoms with van der Waals surface area (Å²) in [7, 11) is 0. The number of anilines is 1. The van der Waals surface area contributed by atoms with E-state index < -0.39 is 0 Å². The molecule has 0 aliphatic carbocycles. The van der Waals surface area contributed by atoms with Crippen LogP contribution in [0.2, 0.25) is 0 Å². The van der Waals surface area contributed by atoms with Gasteiger partial charge >= 0.3 is 5.69 Å². The van der Waals surface area contributed by atoms with E-state index in [1.807, 2.05) is 26.1 Å². The molecule has 0 bridgehead atoms. The lowest BCUT2D eigenvalue weighted by molar-refractivity contribution is 0.327. The molecule has 17 heavy (non-hydrogen) atoms. The molecule has 0 spiro atoms. The fourth-order valence-electron chi connectivity index (χ4n) is 1.53. The minimum atomic E-state index is -0.182. The van der Waals surface area contributed by atoms with Gasteiger partial charge in [-0.25, -0.2) is 4.79 Å². The van der Waals surface area contributed by atoms with Crippen LogP contribution < -0.4 is 11.0 Å². The van der Waals surface area contributed by atoms with Gasteiger partial charge in [0.25, 0.3) is 0 Å². The molecule has 0 aliphatic rings. The van der Waals surface area contributed by atoms with Crippen LogP contribution in [0.3, 0.4) is 0 Å². The molecule has 0 fully saturated rings. The summed E-state index contributed by atoms with van der Waals surface area (Å²) in [6.45, 7) is 9.15. The highest BCUT2D eigenvalue weighted by Crippen LogP contribution is 2.16. The summed E-state index contributed by atoms with van der Waals surface area (Å²) in [5.41, 5.74) is -0.357.